The van der Waals surface area contributed by atoms with Crippen LogP contribution in [0.15, 0.2) is 30.3 Å². The summed E-state index contributed by atoms with van der Waals surface area (Å²) in [6.45, 7) is -0.0256. The molecule has 0 atom stereocenters. The van der Waals surface area contributed by atoms with Crippen LogP contribution >= 0.6 is 11.6 Å². The molecule has 20 heavy (non-hydrogen) atoms. The number of pyridine rings is 1. The van der Waals surface area contributed by atoms with Crippen LogP contribution in [0, 0.1) is 0 Å². The van der Waals surface area contributed by atoms with Crippen molar-refractivity contribution >= 4 is 22.4 Å². The molecule has 2 nitrogen and oxygen atoms in total. The maximum atomic E-state index is 12.1. The van der Waals surface area contributed by atoms with E-state index in [1.165, 1.54) is 0 Å². The molecular weight excluding hydrogens is 291 g/mol. The van der Waals surface area contributed by atoms with Gasteiger partial charge in [0, 0.05) is 11.8 Å². The molecule has 2 rings (SSSR count). The average Bonchev–Trinajstić information content (AvgIpc) is 2.42. The highest BCUT2D eigenvalue weighted by Gasteiger charge is 2.26. The highest BCUT2D eigenvalue weighted by Crippen LogP contribution is 2.26. The summed E-state index contributed by atoms with van der Waals surface area (Å²) in [5.41, 5.74) is 0.635. The Bertz CT molecular complexity index is 586. The van der Waals surface area contributed by atoms with Crippen molar-refractivity contribution < 1.29 is 17.9 Å². The lowest BCUT2D eigenvalue weighted by atomic mass is 10.1. The normalized spacial score (nSPS) is 11.8. The molecule has 0 spiro atoms. The Hall–Kier alpha value is -1.49. The van der Waals surface area contributed by atoms with E-state index in [2.05, 4.69) is 4.98 Å². The third-order valence-corrected chi connectivity index (χ3v) is 3.01. The first-order valence-corrected chi connectivity index (χ1v) is 6.67. The van der Waals surface area contributed by atoms with E-state index >= 15 is 0 Å². The molecule has 0 fully saturated rings. The summed E-state index contributed by atoms with van der Waals surface area (Å²) in [6, 6.07) is 9.24. The molecule has 0 saturated heterocycles. The third kappa shape index (κ3) is 4.00. The Kier molecular flexibility index (Phi) is 4.70. The van der Waals surface area contributed by atoms with Crippen LogP contribution in [0.25, 0.3) is 10.8 Å². The van der Waals surface area contributed by atoms with Gasteiger partial charge in [0.1, 0.15) is 0 Å². The molecule has 0 aliphatic rings. The van der Waals surface area contributed by atoms with E-state index in [-0.39, 0.29) is 18.9 Å². The Morgan fingerprint density at radius 2 is 1.95 bits per heavy atom. The monoisotopic (exact) mass is 303 g/mol. The van der Waals surface area contributed by atoms with Gasteiger partial charge in [0.15, 0.2) is 0 Å². The van der Waals surface area contributed by atoms with E-state index in [1.54, 1.807) is 0 Å². The smallest absolute Gasteiger partial charge is 0.389 e. The summed E-state index contributed by atoms with van der Waals surface area (Å²) in [4.78, 5) is 4.22. The van der Waals surface area contributed by atoms with E-state index in [1.807, 2.05) is 30.3 Å². The van der Waals surface area contributed by atoms with Crippen molar-refractivity contribution in [2.24, 2.45) is 0 Å². The lowest BCUT2D eigenvalue weighted by Crippen LogP contribution is -2.10. The molecule has 108 valence electrons. The molecule has 0 saturated carbocycles. The average molecular weight is 304 g/mol. The first-order chi connectivity index (χ1) is 9.49. The zero-order chi connectivity index (χ0) is 14.6. The van der Waals surface area contributed by atoms with Gasteiger partial charge in [0.2, 0.25) is 5.88 Å². The number of halogens is 4. The first kappa shape index (κ1) is 14.9. The lowest BCUT2D eigenvalue weighted by Gasteiger charge is -2.11. The van der Waals surface area contributed by atoms with Crippen LogP contribution in [0.5, 0.6) is 5.88 Å². The van der Waals surface area contributed by atoms with Crippen molar-refractivity contribution in [2.45, 2.75) is 24.9 Å². The number of alkyl halides is 4. The molecule has 0 bridgehead atoms. The van der Waals surface area contributed by atoms with Gasteiger partial charge in [-0.15, -0.1) is 11.6 Å². The molecule has 0 unspecified atom stereocenters. The SMILES string of the molecule is FC(F)(F)CCCOc1nc(CCl)cc2ccccc12. The molecule has 0 amide bonds. The number of hydrogen-bond donors (Lipinski definition) is 0. The Labute approximate surface area is 119 Å². The number of rotatable bonds is 5. The molecular formula is C14H13ClF3NO. The van der Waals surface area contributed by atoms with Crippen molar-refractivity contribution in [3.63, 3.8) is 0 Å². The van der Waals surface area contributed by atoms with Gasteiger partial charge in [-0.1, -0.05) is 18.2 Å². The summed E-state index contributed by atoms with van der Waals surface area (Å²) in [7, 11) is 0. The van der Waals surface area contributed by atoms with Gasteiger partial charge in [-0.25, -0.2) is 4.98 Å². The van der Waals surface area contributed by atoms with Crippen LogP contribution in [0.4, 0.5) is 13.2 Å². The summed E-state index contributed by atoms with van der Waals surface area (Å²) < 4.78 is 41.6. The first-order valence-electron chi connectivity index (χ1n) is 6.14. The van der Waals surface area contributed by atoms with Gasteiger partial charge in [0.05, 0.1) is 18.2 Å². The number of ether oxygens (including phenoxy) is 1. The molecule has 6 heteroatoms. The zero-order valence-corrected chi connectivity index (χ0v) is 11.3. The highest BCUT2D eigenvalue weighted by atomic mass is 35.5. The Balaban J connectivity index is 2.12. The molecule has 0 radical (unpaired) electrons. The number of nitrogens with zero attached hydrogens (tertiary/aromatic N) is 1. The number of hydrogen-bond acceptors (Lipinski definition) is 2. The fourth-order valence-electron chi connectivity index (χ4n) is 1.84. The van der Waals surface area contributed by atoms with Crippen LogP contribution in [0.3, 0.4) is 0 Å². The molecule has 0 aliphatic carbocycles. The zero-order valence-electron chi connectivity index (χ0n) is 10.6. The molecule has 2 aromatic rings. The minimum Gasteiger partial charge on any atom is -0.477 e. The fraction of sp³-hybridized carbons (Fsp3) is 0.357. The summed E-state index contributed by atoms with van der Waals surface area (Å²) in [5.74, 6) is 0.560. The van der Waals surface area contributed by atoms with Crippen LogP contribution in [-0.4, -0.2) is 17.8 Å². The minimum absolute atomic E-state index is 0.0256. The number of benzene rings is 1. The summed E-state index contributed by atoms with van der Waals surface area (Å²) >= 11 is 5.75. The second-order valence-electron chi connectivity index (χ2n) is 4.34. The topological polar surface area (TPSA) is 22.1 Å². The molecule has 1 aromatic carbocycles. The minimum atomic E-state index is -4.16. The van der Waals surface area contributed by atoms with Crippen LogP contribution in [0.2, 0.25) is 0 Å². The predicted octanol–water partition coefficient (Wildman–Crippen LogP) is 4.69. The molecule has 1 aromatic heterocycles. The standard InChI is InChI=1S/C14H13ClF3NO/c15-9-11-8-10-4-1-2-5-12(10)13(19-11)20-7-3-6-14(16,17)18/h1-2,4-5,8H,3,6-7,9H2. The lowest BCUT2D eigenvalue weighted by molar-refractivity contribution is -0.136. The van der Waals surface area contributed by atoms with Crippen molar-refractivity contribution in [1.29, 1.82) is 0 Å². The van der Waals surface area contributed by atoms with Gasteiger partial charge in [-0.2, -0.15) is 13.2 Å². The second-order valence-corrected chi connectivity index (χ2v) is 4.61. The summed E-state index contributed by atoms with van der Waals surface area (Å²) in [5, 5.41) is 1.68. The largest absolute Gasteiger partial charge is 0.477 e. The fourth-order valence-corrected chi connectivity index (χ4v) is 1.98. The maximum absolute atomic E-state index is 12.1. The number of fused-ring (bicyclic) bond motifs is 1. The third-order valence-electron chi connectivity index (χ3n) is 2.74. The van der Waals surface area contributed by atoms with Gasteiger partial charge in [-0.05, 0) is 23.9 Å². The van der Waals surface area contributed by atoms with Crippen LogP contribution in [0.1, 0.15) is 18.5 Å². The van der Waals surface area contributed by atoms with E-state index in [0.29, 0.717) is 11.6 Å². The quantitative estimate of drug-likeness (QED) is 0.590. The van der Waals surface area contributed by atoms with Gasteiger partial charge in [0.25, 0.3) is 0 Å². The van der Waals surface area contributed by atoms with Crippen molar-refractivity contribution in [1.82, 2.24) is 4.98 Å². The van der Waals surface area contributed by atoms with E-state index in [4.69, 9.17) is 16.3 Å². The van der Waals surface area contributed by atoms with E-state index in [9.17, 15) is 13.2 Å². The van der Waals surface area contributed by atoms with Gasteiger partial charge >= 0.3 is 6.18 Å². The van der Waals surface area contributed by atoms with Gasteiger partial charge in [-0.3, -0.25) is 0 Å². The molecule has 1 heterocycles. The maximum Gasteiger partial charge on any atom is 0.389 e. The molecule has 0 N–H and O–H groups in total. The van der Waals surface area contributed by atoms with Crippen molar-refractivity contribution in [2.75, 3.05) is 6.61 Å². The van der Waals surface area contributed by atoms with E-state index in [0.717, 1.165) is 10.8 Å². The Morgan fingerprint density at radius 1 is 1.20 bits per heavy atom. The van der Waals surface area contributed by atoms with Crippen LogP contribution < -0.4 is 4.74 Å². The summed E-state index contributed by atoms with van der Waals surface area (Å²) in [6.07, 6.45) is -5.11. The molecule has 0 aliphatic heterocycles. The Morgan fingerprint density at radius 3 is 2.65 bits per heavy atom. The second kappa shape index (κ2) is 6.31. The number of aromatic nitrogens is 1. The van der Waals surface area contributed by atoms with Crippen molar-refractivity contribution in [3.8, 4) is 5.88 Å². The highest BCUT2D eigenvalue weighted by molar-refractivity contribution is 6.17. The predicted molar refractivity (Wildman–Crippen MR) is 72.1 cm³/mol. The van der Waals surface area contributed by atoms with Crippen LogP contribution in [-0.2, 0) is 5.88 Å². The van der Waals surface area contributed by atoms with Gasteiger partial charge < -0.3 is 4.74 Å². The van der Waals surface area contributed by atoms with Crippen molar-refractivity contribution in [3.05, 3.63) is 36.0 Å². The van der Waals surface area contributed by atoms with E-state index < -0.39 is 12.6 Å².